The number of ether oxygens (including phenoxy) is 1. The molecule has 3 aromatic rings. The summed E-state index contributed by atoms with van der Waals surface area (Å²) < 4.78 is 18.7. The molecule has 2 aromatic carbocycles. The summed E-state index contributed by atoms with van der Waals surface area (Å²) in [5, 5.41) is 3.84. The Morgan fingerprint density at radius 1 is 1.19 bits per heavy atom. The van der Waals surface area contributed by atoms with Crippen molar-refractivity contribution in [3.05, 3.63) is 65.6 Å². The van der Waals surface area contributed by atoms with Crippen LogP contribution < -0.4 is 10.1 Å². The minimum Gasteiger partial charge on any atom is -0.497 e. The molecule has 0 aliphatic carbocycles. The van der Waals surface area contributed by atoms with Gasteiger partial charge < -0.3 is 15.0 Å². The van der Waals surface area contributed by atoms with E-state index in [2.05, 4.69) is 10.3 Å². The zero-order chi connectivity index (χ0) is 18.7. The lowest BCUT2D eigenvalue weighted by atomic mass is 9.84. The number of aromatic nitrogens is 1. The van der Waals surface area contributed by atoms with Gasteiger partial charge in [0, 0.05) is 29.1 Å². The van der Waals surface area contributed by atoms with E-state index in [0.29, 0.717) is 13.0 Å². The average Bonchev–Trinajstić information content (AvgIpc) is 3.04. The topological polar surface area (TPSA) is 54.1 Å². The van der Waals surface area contributed by atoms with Crippen LogP contribution in [0.5, 0.6) is 5.75 Å². The molecule has 0 saturated carbocycles. The molecule has 136 valence electrons. The first-order chi connectivity index (χ1) is 12.4. The van der Waals surface area contributed by atoms with E-state index >= 15 is 0 Å². The number of nitrogens with one attached hydrogen (secondary N) is 2. The Labute approximate surface area is 152 Å². The van der Waals surface area contributed by atoms with Gasteiger partial charge in [0.15, 0.2) is 0 Å². The van der Waals surface area contributed by atoms with Crippen LogP contribution in [0.15, 0.2) is 48.7 Å². The third kappa shape index (κ3) is 3.87. The lowest BCUT2D eigenvalue weighted by molar-refractivity contribution is -0.120. The quantitative estimate of drug-likeness (QED) is 0.704. The summed E-state index contributed by atoms with van der Waals surface area (Å²) in [6.45, 7) is 4.54. The Hall–Kier alpha value is -2.82. The summed E-state index contributed by atoms with van der Waals surface area (Å²) in [7, 11) is 1.61. The molecule has 1 heterocycles. The van der Waals surface area contributed by atoms with Gasteiger partial charge in [-0.15, -0.1) is 0 Å². The number of benzene rings is 2. The van der Waals surface area contributed by atoms with Crippen molar-refractivity contribution in [3.63, 3.8) is 0 Å². The van der Waals surface area contributed by atoms with Gasteiger partial charge in [0.05, 0.1) is 13.5 Å². The zero-order valence-corrected chi connectivity index (χ0v) is 15.2. The molecule has 0 bridgehead atoms. The molecule has 0 spiro atoms. The van der Waals surface area contributed by atoms with Crippen molar-refractivity contribution >= 4 is 16.8 Å². The highest BCUT2D eigenvalue weighted by Gasteiger charge is 2.25. The molecule has 0 fully saturated rings. The Bertz CT molecular complexity index is 913. The smallest absolute Gasteiger partial charge is 0.224 e. The van der Waals surface area contributed by atoms with E-state index in [-0.39, 0.29) is 17.1 Å². The van der Waals surface area contributed by atoms with E-state index in [1.54, 1.807) is 13.2 Å². The summed E-state index contributed by atoms with van der Waals surface area (Å²) in [5.41, 5.74) is 2.47. The van der Waals surface area contributed by atoms with Crippen LogP contribution in [0.4, 0.5) is 4.39 Å². The van der Waals surface area contributed by atoms with Crippen LogP contribution in [0, 0.1) is 5.82 Å². The summed E-state index contributed by atoms with van der Waals surface area (Å²) >= 11 is 0. The highest BCUT2D eigenvalue weighted by atomic mass is 19.1. The van der Waals surface area contributed by atoms with Gasteiger partial charge in [-0.1, -0.05) is 26.0 Å². The van der Waals surface area contributed by atoms with Crippen molar-refractivity contribution in [1.29, 1.82) is 0 Å². The predicted molar refractivity (Wildman–Crippen MR) is 101 cm³/mol. The van der Waals surface area contributed by atoms with E-state index in [4.69, 9.17) is 4.74 Å². The molecule has 0 saturated heterocycles. The number of rotatable bonds is 6. The number of carbonyl (C=O) groups excluding carboxylic acids is 1. The lowest BCUT2D eigenvalue weighted by Gasteiger charge is -2.25. The zero-order valence-electron chi connectivity index (χ0n) is 15.2. The number of hydrogen-bond acceptors (Lipinski definition) is 2. The van der Waals surface area contributed by atoms with Gasteiger partial charge in [0.2, 0.25) is 5.91 Å². The van der Waals surface area contributed by atoms with Gasteiger partial charge >= 0.3 is 0 Å². The number of carbonyl (C=O) groups is 1. The van der Waals surface area contributed by atoms with Crippen LogP contribution >= 0.6 is 0 Å². The molecule has 0 radical (unpaired) electrons. The molecular formula is C21H23FN2O2. The Morgan fingerprint density at radius 3 is 2.62 bits per heavy atom. The van der Waals surface area contributed by atoms with Crippen LogP contribution in [0.3, 0.4) is 0 Å². The maximum absolute atomic E-state index is 13.6. The number of amides is 1. The van der Waals surface area contributed by atoms with Crippen molar-refractivity contribution < 1.29 is 13.9 Å². The van der Waals surface area contributed by atoms with Crippen LogP contribution in [0.25, 0.3) is 10.9 Å². The second kappa shape index (κ2) is 7.20. The van der Waals surface area contributed by atoms with Gasteiger partial charge in [-0.3, -0.25) is 4.79 Å². The minimum absolute atomic E-state index is 0.0470. The molecule has 1 aromatic heterocycles. The van der Waals surface area contributed by atoms with Crippen LogP contribution in [0.2, 0.25) is 0 Å². The SMILES string of the molecule is COc1ccc(CC(=O)NCC(C)(C)c2c[nH]c3ccc(F)cc23)cc1. The van der Waals surface area contributed by atoms with Gasteiger partial charge in [-0.25, -0.2) is 4.39 Å². The Morgan fingerprint density at radius 2 is 1.92 bits per heavy atom. The number of H-pyrrole nitrogens is 1. The molecule has 3 rings (SSSR count). The fourth-order valence-electron chi connectivity index (χ4n) is 3.06. The van der Waals surface area contributed by atoms with Gasteiger partial charge in [-0.05, 0) is 41.5 Å². The van der Waals surface area contributed by atoms with Crippen molar-refractivity contribution in [2.75, 3.05) is 13.7 Å². The average molecular weight is 354 g/mol. The van der Waals surface area contributed by atoms with E-state index < -0.39 is 0 Å². The number of halogens is 1. The van der Waals surface area contributed by atoms with E-state index in [0.717, 1.165) is 27.8 Å². The van der Waals surface area contributed by atoms with Crippen molar-refractivity contribution in [2.45, 2.75) is 25.7 Å². The van der Waals surface area contributed by atoms with E-state index in [9.17, 15) is 9.18 Å². The van der Waals surface area contributed by atoms with Crippen molar-refractivity contribution in [2.24, 2.45) is 0 Å². The first kappa shape index (κ1) is 18.0. The van der Waals surface area contributed by atoms with Gasteiger partial charge in [0.1, 0.15) is 11.6 Å². The largest absolute Gasteiger partial charge is 0.497 e. The summed E-state index contributed by atoms with van der Waals surface area (Å²) in [6.07, 6.45) is 2.20. The molecule has 5 heteroatoms. The summed E-state index contributed by atoms with van der Waals surface area (Å²) in [4.78, 5) is 15.5. The molecule has 2 N–H and O–H groups in total. The number of fused-ring (bicyclic) bond motifs is 1. The van der Waals surface area contributed by atoms with Crippen LogP contribution in [0.1, 0.15) is 25.0 Å². The van der Waals surface area contributed by atoms with E-state index in [1.807, 2.05) is 44.3 Å². The second-order valence-electron chi connectivity index (χ2n) is 7.08. The normalized spacial score (nSPS) is 11.5. The highest BCUT2D eigenvalue weighted by molar-refractivity contribution is 5.84. The molecule has 0 unspecified atom stereocenters. The van der Waals surface area contributed by atoms with Crippen molar-refractivity contribution in [3.8, 4) is 5.75 Å². The maximum Gasteiger partial charge on any atom is 0.224 e. The first-order valence-corrected chi connectivity index (χ1v) is 8.56. The molecular weight excluding hydrogens is 331 g/mol. The first-order valence-electron chi connectivity index (χ1n) is 8.56. The molecule has 1 amide bonds. The molecule has 4 nitrogen and oxygen atoms in total. The highest BCUT2D eigenvalue weighted by Crippen LogP contribution is 2.30. The molecule has 0 atom stereocenters. The lowest BCUT2D eigenvalue weighted by Crippen LogP contribution is -2.37. The second-order valence-corrected chi connectivity index (χ2v) is 7.08. The number of aromatic amines is 1. The summed E-state index contributed by atoms with van der Waals surface area (Å²) in [6, 6.07) is 12.1. The monoisotopic (exact) mass is 354 g/mol. The van der Waals surface area contributed by atoms with E-state index in [1.165, 1.54) is 12.1 Å². The Balaban J connectivity index is 1.66. The Kier molecular flexibility index (Phi) is 4.98. The standard InChI is InChI=1S/C21H23FN2O2/c1-21(2,18-12-23-19-9-6-15(22)11-17(18)19)13-24-20(25)10-14-4-7-16(26-3)8-5-14/h4-9,11-12,23H,10,13H2,1-3H3,(H,24,25). The fraction of sp³-hybridized carbons (Fsp3) is 0.286. The van der Waals surface area contributed by atoms with Crippen molar-refractivity contribution in [1.82, 2.24) is 10.3 Å². The van der Waals surface area contributed by atoms with Crippen LogP contribution in [-0.2, 0) is 16.6 Å². The third-order valence-electron chi connectivity index (χ3n) is 4.62. The third-order valence-corrected chi connectivity index (χ3v) is 4.62. The maximum atomic E-state index is 13.6. The number of methoxy groups -OCH3 is 1. The van der Waals surface area contributed by atoms with Gasteiger partial charge in [0.25, 0.3) is 0 Å². The molecule has 26 heavy (non-hydrogen) atoms. The van der Waals surface area contributed by atoms with Gasteiger partial charge in [-0.2, -0.15) is 0 Å². The predicted octanol–water partition coefficient (Wildman–Crippen LogP) is 3.95. The summed E-state index contributed by atoms with van der Waals surface area (Å²) in [5.74, 6) is 0.453. The molecule has 0 aliphatic heterocycles. The molecule has 0 aliphatic rings. The fourth-order valence-corrected chi connectivity index (χ4v) is 3.06. The minimum atomic E-state index is -0.332. The van der Waals surface area contributed by atoms with Crippen LogP contribution in [-0.4, -0.2) is 24.5 Å². The number of hydrogen-bond donors (Lipinski definition) is 2.